The summed E-state index contributed by atoms with van der Waals surface area (Å²) in [4.78, 5) is 14.9. The van der Waals surface area contributed by atoms with Crippen molar-refractivity contribution < 1.29 is 26.3 Å². The number of thiophene rings is 2. The van der Waals surface area contributed by atoms with Crippen molar-refractivity contribution in [3.63, 3.8) is 0 Å². The molecule has 14 rings (SSSR count). The Bertz CT molecular complexity index is 4300. The van der Waals surface area contributed by atoms with E-state index >= 15 is 26.3 Å². The fourth-order valence-electron chi connectivity index (χ4n) is 10.5. The van der Waals surface area contributed by atoms with Crippen molar-refractivity contribution in [3.05, 3.63) is 199 Å². The number of aromatic nitrogens is 5. The highest BCUT2D eigenvalue weighted by Crippen LogP contribution is 2.48. The van der Waals surface area contributed by atoms with Gasteiger partial charge in [-0.2, -0.15) is 26.3 Å². The molecule has 0 aliphatic rings. The summed E-state index contributed by atoms with van der Waals surface area (Å²) in [6.45, 7) is 0. The number of para-hydroxylation sites is 2. The minimum Gasteiger partial charge on any atom is -0.308 e. The lowest BCUT2D eigenvalue weighted by Gasteiger charge is -2.19. The van der Waals surface area contributed by atoms with Crippen LogP contribution in [0.2, 0.25) is 0 Å². The van der Waals surface area contributed by atoms with E-state index < -0.39 is 23.5 Å². The number of hydrogen-bond acceptors (Lipinski definition) is 5. The Balaban J connectivity index is 1.11. The quantitative estimate of drug-likeness (QED) is 0.161. The smallest absolute Gasteiger partial charge is 0.308 e. The zero-order chi connectivity index (χ0) is 48.6. The van der Waals surface area contributed by atoms with Gasteiger partial charge >= 0.3 is 12.4 Å². The first-order valence-corrected chi connectivity index (χ1v) is 24.5. The summed E-state index contributed by atoms with van der Waals surface area (Å²) in [5, 5.41) is 7.39. The predicted molar refractivity (Wildman–Crippen MR) is 281 cm³/mol. The first-order chi connectivity index (χ1) is 35.0. The van der Waals surface area contributed by atoms with Crippen molar-refractivity contribution in [2.45, 2.75) is 12.4 Å². The summed E-state index contributed by atoms with van der Waals surface area (Å²) in [6, 6.07) is 55.7. The maximum atomic E-state index is 15.1. The van der Waals surface area contributed by atoms with Crippen LogP contribution in [0.3, 0.4) is 0 Å². The molecule has 5 heterocycles. The summed E-state index contributed by atoms with van der Waals surface area (Å²) in [6.07, 6.45) is -9.57. The van der Waals surface area contributed by atoms with Gasteiger partial charge in [-0.25, -0.2) is 15.0 Å². The Kier molecular flexibility index (Phi) is 9.18. The molecule has 5 nitrogen and oxygen atoms in total. The number of fused-ring (bicyclic) bond motifs is 14. The fourth-order valence-corrected chi connectivity index (χ4v) is 12.8. The van der Waals surface area contributed by atoms with Gasteiger partial charge in [-0.3, -0.25) is 0 Å². The molecule has 72 heavy (non-hydrogen) atoms. The average Bonchev–Trinajstić information content (AvgIpc) is 4.15. The molecule has 0 N–H and O–H groups in total. The van der Waals surface area contributed by atoms with Crippen LogP contribution in [-0.4, -0.2) is 24.1 Å². The van der Waals surface area contributed by atoms with Crippen molar-refractivity contribution in [1.82, 2.24) is 24.1 Å². The first-order valence-electron chi connectivity index (χ1n) is 22.9. The molecule has 13 heteroatoms. The van der Waals surface area contributed by atoms with Crippen LogP contribution in [0.5, 0.6) is 0 Å². The molecular weight excluding hydrogens is 957 g/mol. The molecule has 346 valence electrons. The van der Waals surface area contributed by atoms with E-state index in [-0.39, 0.29) is 28.6 Å². The molecule has 0 aliphatic heterocycles. The molecule has 0 amide bonds. The Morgan fingerprint density at radius 2 is 0.750 bits per heavy atom. The summed E-state index contributed by atoms with van der Waals surface area (Å²) in [5.41, 5.74) is 2.28. The molecule has 0 radical (unpaired) electrons. The Labute approximate surface area is 412 Å². The van der Waals surface area contributed by atoms with E-state index in [1.165, 1.54) is 12.1 Å². The SMILES string of the molecule is FC(F)(F)c1ccc(-n2c3ccccc3c3ccc4sc5ccccc5c4c32)c(-c2nc(-c3ccccc3)nc(-c3cc(C(F)(F)F)ccc3-n3c4ccccc4c4ccc5sc6ccccc6c5c43)n2)c1. The molecule has 0 spiro atoms. The monoisotopic (exact) mass is 987 g/mol. The molecule has 5 aromatic heterocycles. The van der Waals surface area contributed by atoms with Crippen molar-refractivity contribution in [3.8, 4) is 45.5 Å². The molecule has 0 aliphatic carbocycles. The number of benzene rings is 9. The minimum absolute atomic E-state index is 0.00156. The van der Waals surface area contributed by atoms with Crippen molar-refractivity contribution in [2.75, 3.05) is 0 Å². The van der Waals surface area contributed by atoms with E-state index in [4.69, 9.17) is 15.0 Å². The maximum absolute atomic E-state index is 15.1. The molecule has 14 aromatic rings. The van der Waals surface area contributed by atoms with Crippen molar-refractivity contribution in [2.24, 2.45) is 0 Å². The van der Waals surface area contributed by atoms with Crippen LogP contribution in [0.4, 0.5) is 26.3 Å². The summed E-state index contributed by atoms with van der Waals surface area (Å²) in [7, 11) is 0. The van der Waals surface area contributed by atoms with Gasteiger partial charge in [0.05, 0.1) is 44.6 Å². The van der Waals surface area contributed by atoms with Crippen molar-refractivity contribution >= 4 is 107 Å². The van der Waals surface area contributed by atoms with Gasteiger partial charge in [-0.1, -0.05) is 115 Å². The molecule has 0 atom stereocenters. The summed E-state index contributed by atoms with van der Waals surface area (Å²) in [5.74, 6) is -0.265. The predicted octanol–water partition coefficient (Wildman–Crippen LogP) is 17.8. The maximum Gasteiger partial charge on any atom is 0.416 e. The van der Waals surface area contributed by atoms with Gasteiger partial charge in [0.1, 0.15) is 0 Å². The molecule has 0 bridgehead atoms. The standard InChI is InChI=1S/C59H31F6N5S2/c60-58(61,62)33-22-26-45(69-43-18-8-4-14-35(43)37-24-28-49-51(53(37)69)39-16-6-10-20-47(39)71-49)41(30-33)56-66-55(32-12-2-1-3-13-32)67-57(68-56)42-31-34(59(63,64)65)23-27-46(42)70-44-19-9-5-15-36(44)38-25-29-50-52(54(38)70)40-17-7-11-21-48(40)72-50/h1-31H. The zero-order valence-electron chi connectivity index (χ0n) is 37.2. The first kappa shape index (κ1) is 42.5. The molecular formula is C59H31F6N5S2. The number of halogens is 6. The highest BCUT2D eigenvalue weighted by molar-refractivity contribution is 7.26. The summed E-state index contributed by atoms with van der Waals surface area (Å²) < 4.78 is 98.8. The van der Waals surface area contributed by atoms with Gasteiger partial charge < -0.3 is 9.13 Å². The van der Waals surface area contributed by atoms with Gasteiger partial charge in [0, 0.05) is 78.6 Å². The third kappa shape index (κ3) is 6.43. The lowest BCUT2D eigenvalue weighted by Crippen LogP contribution is -2.10. The highest BCUT2D eigenvalue weighted by Gasteiger charge is 2.35. The summed E-state index contributed by atoms with van der Waals surface area (Å²) >= 11 is 3.25. The molecule has 0 saturated carbocycles. The van der Waals surface area contributed by atoms with Crippen LogP contribution < -0.4 is 0 Å². The van der Waals surface area contributed by atoms with Crippen LogP contribution in [0.1, 0.15) is 11.1 Å². The Hall–Kier alpha value is -8.39. The van der Waals surface area contributed by atoms with Gasteiger partial charge in [0.25, 0.3) is 0 Å². The normalized spacial score (nSPS) is 12.6. The second kappa shape index (κ2) is 15.6. The second-order valence-electron chi connectivity index (χ2n) is 17.7. The van der Waals surface area contributed by atoms with Gasteiger partial charge in [-0.05, 0) is 72.8 Å². The van der Waals surface area contributed by atoms with Crippen molar-refractivity contribution in [1.29, 1.82) is 0 Å². The Morgan fingerprint density at radius 3 is 1.21 bits per heavy atom. The van der Waals surface area contributed by atoms with Gasteiger partial charge in [-0.15, -0.1) is 22.7 Å². The van der Waals surface area contributed by atoms with Crippen LogP contribution in [0.25, 0.3) is 129 Å². The van der Waals surface area contributed by atoms with Gasteiger partial charge in [0.2, 0.25) is 0 Å². The van der Waals surface area contributed by atoms with E-state index in [2.05, 4.69) is 12.1 Å². The second-order valence-corrected chi connectivity index (χ2v) is 19.9. The van der Waals surface area contributed by atoms with Crippen LogP contribution >= 0.6 is 22.7 Å². The average molecular weight is 988 g/mol. The number of alkyl halides is 6. The molecule has 0 saturated heterocycles. The number of nitrogens with zero attached hydrogens (tertiary/aromatic N) is 5. The van der Waals surface area contributed by atoms with E-state index in [1.54, 1.807) is 53.0 Å². The van der Waals surface area contributed by atoms with E-state index in [9.17, 15) is 0 Å². The number of hydrogen-bond donors (Lipinski definition) is 0. The van der Waals surface area contributed by atoms with E-state index in [0.29, 0.717) is 16.9 Å². The fraction of sp³-hybridized carbons (Fsp3) is 0.0339. The van der Waals surface area contributed by atoms with E-state index in [0.717, 1.165) is 108 Å². The van der Waals surface area contributed by atoms with Crippen LogP contribution in [0.15, 0.2) is 188 Å². The topological polar surface area (TPSA) is 48.5 Å². The van der Waals surface area contributed by atoms with Crippen LogP contribution in [0, 0.1) is 0 Å². The number of rotatable bonds is 5. The van der Waals surface area contributed by atoms with E-state index in [1.807, 2.05) is 118 Å². The zero-order valence-corrected chi connectivity index (χ0v) is 38.9. The molecule has 0 fully saturated rings. The third-order valence-corrected chi connectivity index (χ3v) is 15.9. The molecule has 0 unspecified atom stereocenters. The van der Waals surface area contributed by atoms with Crippen LogP contribution in [-0.2, 0) is 12.4 Å². The highest BCUT2D eigenvalue weighted by atomic mass is 32.1. The lowest BCUT2D eigenvalue weighted by atomic mass is 10.0. The third-order valence-electron chi connectivity index (χ3n) is 13.6. The lowest BCUT2D eigenvalue weighted by molar-refractivity contribution is -0.138. The molecule has 9 aromatic carbocycles. The Morgan fingerprint density at radius 1 is 0.347 bits per heavy atom. The minimum atomic E-state index is -4.79. The van der Waals surface area contributed by atoms with Gasteiger partial charge in [0.15, 0.2) is 17.5 Å². The largest absolute Gasteiger partial charge is 0.416 e.